The molecule has 1 unspecified atom stereocenters. The maximum atomic E-state index is 6.21. The lowest BCUT2D eigenvalue weighted by molar-refractivity contribution is -0.0253. The largest absolute Gasteiger partial charge is 0.493 e. The second kappa shape index (κ2) is 8.58. The van der Waals surface area contributed by atoms with Crippen molar-refractivity contribution in [3.8, 4) is 11.5 Å². The summed E-state index contributed by atoms with van der Waals surface area (Å²) in [4.78, 5) is 2.41. The van der Waals surface area contributed by atoms with Crippen molar-refractivity contribution in [2.75, 3.05) is 47.0 Å². The molecular formula is C16H25ClN2O3. The fraction of sp³-hybridized carbons (Fsp3) is 0.625. The van der Waals surface area contributed by atoms with E-state index in [4.69, 9.17) is 25.8 Å². The van der Waals surface area contributed by atoms with Crippen LogP contribution in [-0.2, 0) is 11.3 Å². The van der Waals surface area contributed by atoms with Gasteiger partial charge < -0.3 is 19.5 Å². The molecule has 22 heavy (non-hydrogen) atoms. The molecule has 1 N–H and O–H groups in total. The van der Waals surface area contributed by atoms with Gasteiger partial charge in [0.25, 0.3) is 0 Å². The maximum absolute atomic E-state index is 6.21. The summed E-state index contributed by atoms with van der Waals surface area (Å²) in [5, 5.41) is 3.99. The lowest BCUT2D eigenvalue weighted by Gasteiger charge is -2.32. The van der Waals surface area contributed by atoms with Gasteiger partial charge in [0.05, 0.1) is 32.0 Å². The van der Waals surface area contributed by atoms with Crippen molar-refractivity contribution in [1.82, 2.24) is 10.2 Å². The molecule has 0 aromatic heterocycles. The molecule has 1 aromatic carbocycles. The van der Waals surface area contributed by atoms with Crippen LogP contribution >= 0.6 is 11.6 Å². The third kappa shape index (κ3) is 4.49. The van der Waals surface area contributed by atoms with Crippen LogP contribution in [-0.4, -0.2) is 58.0 Å². The molecule has 1 heterocycles. The van der Waals surface area contributed by atoms with Crippen molar-refractivity contribution < 1.29 is 14.2 Å². The molecule has 2 rings (SSSR count). The van der Waals surface area contributed by atoms with E-state index in [1.165, 1.54) is 0 Å². The van der Waals surface area contributed by atoms with Crippen LogP contribution in [0.1, 0.15) is 12.5 Å². The zero-order valence-electron chi connectivity index (χ0n) is 13.5. The lowest BCUT2D eigenvalue weighted by Crippen LogP contribution is -2.46. The fourth-order valence-corrected chi connectivity index (χ4v) is 2.95. The normalized spacial score (nSPS) is 19.2. The van der Waals surface area contributed by atoms with Gasteiger partial charge in [-0.15, -0.1) is 0 Å². The summed E-state index contributed by atoms with van der Waals surface area (Å²) in [7, 11) is 3.20. The summed E-state index contributed by atoms with van der Waals surface area (Å²) in [6.07, 6.45) is 0.240. The van der Waals surface area contributed by atoms with Crippen LogP contribution in [0.5, 0.6) is 11.5 Å². The highest BCUT2D eigenvalue weighted by Crippen LogP contribution is 2.35. The molecule has 1 aliphatic heterocycles. The third-order valence-corrected chi connectivity index (χ3v) is 4.15. The fourth-order valence-electron chi connectivity index (χ4n) is 2.64. The average Bonchev–Trinajstić information content (AvgIpc) is 2.54. The highest BCUT2D eigenvalue weighted by Gasteiger charge is 2.18. The molecular weight excluding hydrogens is 304 g/mol. The first-order valence-electron chi connectivity index (χ1n) is 7.63. The van der Waals surface area contributed by atoms with Gasteiger partial charge in [-0.1, -0.05) is 18.5 Å². The molecule has 1 fully saturated rings. The Hall–Kier alpha value is -1.01. The number of likely N-dealkylation sites (N-methyl/N-ethyl adjacent to an activating group) is 1. The van der Waals surface area contributed by atoms with Crippen molar-refractivity contribution in [1.29, 1.82) is 0 Å². The van der Waals surface area contributed by atoms with Crippen LogP contribution in [0.3, 0.4) is 0 Å². The Labute approximate surface area is 137 Å². The van der Waals surface area contributed by atoms with E-state index in [1.54, 1.807) is 14.2 Å². The van der Waals surface area contributed by atoms with E-state index >= 15 is 0 Å². The monoisotopic (exact) mass is 328 g/mol. The molecule has 6 heteroatoms. The molecule has 0 bridgehead atoms. The predicted octanol–water partition coefficient (Wildman–Crippen LogP) is 2.17. The van der Waals surface area contributed by atoms with Crippen LogP contribution in [0.2, 0.25) is 5.02 Å². The van der Waals surface area contributed by atoms with Crippen molar-refractivity contribution in [3.05, 3.63) is 22.7 Å². The Morgan fingerprint density at radius 3 is 2.86 bits per heavy atom. The Morgan fingerprint density at radius 1 is 1.36 bits per heavy atom. The number of ether oxygens (including phenoxy) is 3. The first-order valence-corrected chi connectivity index (χ1v) is 8.00. The Bertz CT molecular complexity index is 485. The van der Waals surface area contributed by atoms with Crippen LogP contribution in [0.4, 0.5) is 0 Å². The van der Waals surface area contributed by atoms with Gasteiger partial charge in [0.1, 0.15) is 0 Å². The third-order valence-electron chi connectivity index (χ3n) is 3.86. The van der Waals surface area contributed by atoms with Gasteiger partial charge in [-0.25, -0.2) is 0 Å². The smallest absolute Gasteiger partial charge is 0.179 e. The summed E-state index contributed by atoms with van der Waals surface area (Å²) in [6, 6.07) is 3.84. The van der Waals surface area contributed by atoms with Gasteiger partial charge in [-0.05, 0) is 24.2 Å². The summed E-state index contributed by atoms with van der Waals surface area (Å²) >= 11 is 6.21. The zero-order chi connectivity index (χ0) is 15.9. The van der Waals surface area contributed by atoms with E-state index in [0.29, 0.717) is 23.1 Å². The van der Waals surface area contributed by atoms with E-state index < -0.39 is 0 Å². The standard InChI is InChI=1S/C16H25ClN2O3/c1-4-19-5-6-22-13(11-19)10-18-9-12-7-14(17)16(21-3)15(8-12)20-2/h7-8,13,18H,4-6,9-11H2,1-3H3. The van der Waals surface area contributed by atoms with Gasteiger partial charge in [-0.3, -0.25) is 4.90 Å². The van der Waals surface area contributed by atoms with Gasteiger partial charge in [0.15, 0.2) is 11.5 Å². The highest BCUT2D eigenvalue weighted by molar-refractivity contribution is 6.32. The number of hydrogen-bond donors (Lipinski definition) is 1. The van der Waals surface area contributed by atoms with E-state index in [2.05, 4.69) is 17.1 Å². The minimum Gasteiger partial charge on any atom is -0.493 e. The number of morpholine rings is 1. The molecule has 5 nitrogen and oxygen atoms in total. The molecule has 0 spiro atoms. The minimum atomic E-state index is 0.240. The van der Waals surface area contributed by atoms with Gasteiger partial charge in [0, 0.05) is 26.2 Å². The second-order valence-electron chi connectivity index (χ2n) is 5.33. The first-order chi connectivity index (χ1) is 10.7. The van der Waals surface area contributed by atoms with Gasteiger partial charge >= 0.3 is 0 Å². The van der Waals surface area contributed by atoms with Gasteiger partial charge in [-0.2, -0.15) is 0 Å². The second-order valence-corrected chi connectivity index (χ2v) is 5.74. The molecule has 0 radical (unpaired) electrons. The van der Waals surface area contributed by atoms with Crippen LogP contribution in [0.25, 0.3) is 0 Å². The molecule has 1 aromatic rings. The molecule has 124 valence electrons. The molecule has 1 aliphatic rings. The molecule has 0 aliphatic carbocycles. The van der Waals surface area contributed by atoms with Crippen molar-refractivity contribution >= 4 is 11.6 Å². The number of nitrogens with one attached hydrogen (secondary N) is 1. The molecule has 1 saturated heterocycles. The van der Waals surface area contributed by atoms with Crippen molar-refractivity contribution in [2.24, 2.45) is 0 Å². The Balaban J connectivity index is 1.88. The number of halogens is 1. The summed E-state index contributed by atoms with van der Waals surface area (Å²) in [5.41, 5.74) is 1.06. The van der Waals surface area contributed by atoms with E-state index in [-0.39, 0.29) is 6.10 Å². The highest BCUT2D eigenvalue weighted by atomic mass is 35.5. The SMILES string of the molecule is CCN1CCOC(CNCc2cc(Cl)c(OC)c(OC)c2)C1. The molecule has 0 amide bonds. The first kappa shape index (κ1) is 17.3. The minimum absolute atomic E-state index is 0.240. The Morgan fingerprint density at radius 2 is 2.18 bits per heavy atom. The summed E-state index contributed by atoms with van der Waals surface area (Å²) in [6.45, 7) is 7.61. The lowest BCUT2D eigenvalue weighted by atomic mass is 10.2. The van der Waals surface area contributed by atoms with E-state index in [9.17, 15) is 0 Å². The number of nitrogens with zero attached hydrogens (tertiary/aromatic N) is 1. The number of rotatable bonds is 7. The number of methoxy groups -OCH3 is 2. The molecule has 1 atom stereocenters. The van der Waals surface area contributed by atoms with Gasteiger partial charge in [0.2, 0.25) is 0 Å². The number of benzene rings is 1. The van der Waals surface area contributed by atoms with E-state index in [1.807, 2.05) is 12.1 Å². The van der Waals surface area contributed by atoms with Crippen molar-refractivity contribution in [2.45, 2.75) is 19.6 Å². The maximum Gasteiger partial charge on any atom is 0.179 e. The zero-order valence-corrected chi connectivity index (χ0v) is 14.3. The number of hydrogen-bond acceptors (Lipinski definition) is 5. The topological polar surface area (TPSA) is 43.0 Å². The Kier molecular flexibility index (Phi) is 6.76. The quantitative estimate of drug-likeness (QED) is 0.831. The predicted molar refractivity (Wildman–Crippen MR) is 88.1 cm³/mol. The average molecular weight is 329 g/mol. The van der Waals surface area contributed by atoms with Crippen molar-refractivity contribution in [3.63, 3.8) is 0 Å². The summed E-state index contributed by atoms with van der Waals surface area (Å²) in [5.74, 6) is 1.22. The van der Waals surface area contributed by atoms with Crippen LogP contribution in [0.15, 0.2) is 12.1 Å². The van der Waals surface area contributed by atoms with Crippen LogP contribution < -0.4 is 14.8 Å². The summed E-state index contributed by atoms with van der Waals surface area (Å²) < 4.78 is 16.3. The van der Waals surface area contributed by atoms with Crippen LogP contribution in [0, 0.1) is 0 Å². The van der Waals surface area contributed by atoms with E-state index in [0.717, 1.165) is 38.3 Å². The molecule has 0 saturated carbocycles.